The van der Waals surface area contributed by atoms with Gasteiger partial charge in [-0.3, -0.25) is 4.79 Å². The smallest absolute Gasteiger partial charge is 0.254 e. The van der Waals surface area contributed by atoms with E-state index < -0.39 is 0 Å². The summed E-state index contributed by atoms with van der Waals surface area (Å²) in [5.41, 5.74) is 2.03. The van der Waals surface area contributed by atoms with Crippen molar-refractivity contribution in [2.75, 3.05) is 40.4 Å². The van der Waals surface area contributed by atoms with Crippen LogP contribution in [0.15, 0.2) is 24.3 Å². The summed E-state index contributed by atoms with van der Waals surface area (Å²) in [5.74, 6) is 0.109. The van der Waals surface area contributed by atoms with Gasteiger partial charge in [0.25, 0.3) is 5.91 Å². The topological polar surface area (TPSA) is 32.8 Å². The normalized spacial score (nSPS) is 14.9. The molecular weight excluding hydrogens is 300 g/mol. The maximum atomic E-state index is 12.3. The van der Waals surface area contributed by atoms with Crippen LogP contribution in [0.5, 0.6) is 0 Å². The van der Waals surface area contributed by atoms with E-state index in [9.17, 15) is 4.79 Å². The van der Waals surface area contributed by atoms with Crippen LogP contribution in [0.4, 0.5) is 0 Å². The molecule has 1 atom stereocenters. The van der Waals surface area contributed by atoms with Crippen LogP contribution < -0.4 is 0 Å². The van der Waals surface area contributed by atoms with E-state index in [1.165, 1.54) is 5.56 Å². The standard InChI is InChI=1S/C16H24N2O2.2C2H6/c1-4-15(17(2)3)13-5-7-14(8-6-13)16(19)18-9-11-20-12-10-18;2*1-2/h5-8,15H,4,9-12H2,1-3H3;2*1-2H3. The predicted molar refractivity (Wildman–Crippen MR) is 103 cm³/mol. The van der Waals surface area contributed by atoms with Gasteiger partial charge in [-0.15, -0.1) is 0 Å². The first-order valence-corrected chi connectivity index (χ1v) is 9.27. The van der Waals surface area contributed by atoms with E-state index in [0.29, 0.717) is 32.3 Å². The molecule has 1 fully saturated rings. The lowest BCUT2D eigenvalue weighted by atomic mass is 10.0. The Morgan fingerprint density at radius 3 is 2.00 bits per heavy atom. The van der Waals surface area contributed by atoms with Crippen molar-refractivity contribution in [2.45, 2.75) is 47.1 Å². The van der Waals surface area contributed by atoms with Gasteiger partial charge in [0.15, 0.2) is 0 Å². The first-order valence-electron chi connectivity index (χ1n) is 9.27. The van der Waals surface area contributed by atoms with Crippen molar-refractivity contribution in [3.05, 3.63) is 35.4 Å². The van der Waals surface area contributed by atoms with Crippen LogP contribution in [0.25, 0.3) is 0 Å². The molecule has 138 valence electrons. The van der Waals surface area contributed by atoms with E-state index in [1.54, 1.807) is 0 Å². The van der Waals surface area contributed by atoms with E-state index in [1.807, 2.05) is 44.7 Å². The highest BCUT2D eigenvalue weighted by molar-refractivity contribution is 5.94. The first kappa shape index (κ1) is 22.6. The van der Waals surface area contributed by atoms with Gasteiger partial charge in [-0.05, 0) is 38.2 Å². The molecule has 1 heterocycles. The zero-order chi connectivity index (χ0) is 18.5. The fourth-order valence-electron chi connectivity index (χ4n) is 2.70. The summed E-state index contributed by atoms with van der Waals surface area (Å²) in [7, 11) is 4.17. The molecule has 24 heavy (non-hydrogen) atoms. The third kappa shape index (κ3) is 6.62. The fraction of sp³-hybridized carbons (Fsp3) is 0.650. The summed E-state index contributed by atoms with van der Waals surface area (Å²) in [6.45, 7) is 12.8. The van der Waals surface area contributed by atoms with Crippen LogP contribution >= 0.6 is 0 Å². The second-order valence-electron chi connectivity index (χ2n) is 5.41. The monoisotopic (exact) mass is 336 g/mol. The number of hydrogen-bond acceptors (Lipinski definition) is 3. The third-order valence-corrected chi connectivity index (χ3v) is 3.85. The molecular formula is C20H36N2O2. The van der Waals surface area contributed by atoms with Crippen LogP contribution in [0.3, 0.4) is 0 Å². The Morgan fingerprint density at radius 2 is 1.58 bits per heavy atom. The number of benzene rings is 1. The van der Waals surface area contributed by atoms with Gasteiger partial charge in [-0.25, -0.2) is 0 Å². The predicted octanol–water partition coefficient (Wildman–Crippen LogP) is 4.22. The Balaban J connectivity index is 0.00000123. The van der Waals surface area contributed by atoms with Crippen LogP contribution in [-0.2, 0) is 4.74 Å². The van der Waals surface area contributed by atoms with Gasteiger partial charge < -0.3 is 14.5 Å². The molecule has 0 spiro atoms. The van der Waals surface area contributed by atoms with Gasteiger partial charge in [0, 0.05) is 24.7 Å². The molecule has 1 amide bonds. The molecule has 0 saturated carbocycles. The minimum absolute atomic E-state index is 0.109. The molecule has 4 nitrogen and oxygen atoms in total. The quantitative estimate of drug-likeness (QED) is 0.825. The second-order valence-corrected chi connectivity index (χ2v) is 5.41. The van der Waals surface area contributed by atoms with E-state index >= 15 is 0 Å². The molecule has 2 rings (SSSR count). The molecule has 1 unspecified atom stereocenters. The van der Waals surface area contributed by atoms with Crippen LogP contribution in [0.2, 0.25) is 0 Å². The van der Waals surface area contributed by atoms with E-state index in [2.05, 4.69) is 38.1 Å². The minimum Gasteiger partial charge on any atom is -0.378 e. The van der Waals surface area contributed by atoms with Gasteiger partial charge in [-0.1, -0.05) is 46.8 Å². The van der Waals surface area contributed by atoms with Crippen molar-refractivity contribution < 1.29 is 9.53 Å². The Hall–Kier alpha value is -1.39. The summed E-state index contributed by atoms with van der Waals surface area (Å²) >= 11 is 0. The summed E-state index contributed by atoms with van der Waals surface area (Å²) in [5, 5.41) is 0. The summed E-state index contributed by atoms with van der Waals surface area (Å²) in [4.78, 5) is 16.4. The zero-order valence-electron chi connectivity index (χ0n) is 16.6. The lowest BCUT2D eigenvalue weighted by Crippen LogP contribution is -2.40. The van der Waals surface area contributed by atoms with Gasteiger partial charge in [0.05, 0.1) is 13.2 Å². The largest absolute Gasteiger partial charge is 0.378 e. The number of carbonyl (C=O) groups is 1. The second kappa shape index (κ2) is 13.0. The first-order chi connectivity index (χ1) is 11.6. The van der Waals surface area contributed by atoms with Crippen LogP contribution in [0, 0.1) is 0 Å². The van der Waals surface area contributed by atoms with E-state index in [-0.39, 0.29) is 5.91 Å². The molecule has 4 heteroatoms. The molecule has 1 aromatic carbocycles. The molecule has 1 aliphatic heterocycles. The fourth-order valence-corrected chi connectivity index (χ4v) is 2.70. The average molecular weight is 337 g/mol. The van der Waals surface area contributed by atoms with Gasteiger partial charge in [-0.2, -0.15) is 0 Å². The number of amides is 1. The highest BCUT2D eigenvalue weighted by atomic mass is 16.5. The number of carbonyl (C=O) groups excluding carboxylic acids is 1. The number of ether oxygens (including phenoxy) is 1. The van der Waals surface area contributed by atoms with Gasteiger partial charge in [0.2, 0.25) is 0 Å². The van der Waals surface area contributed by atoms with Crippen molar-refractivity contribution in [1.29, 1.82) is 0 Å². The molecule has 1 aromatic rings. The van der Waals surface area contributed by atoms with Gasteiger partial charge in [0.1, 0.15) is 0 Å². The highest BCUT2D eigenvalue weighted by Crippen LogP contribution is 2.22. The summed E-state index contributed by atoms with van der Waals surface area (Å²) in [6.07, 6.45) is 1.06. The Labute approximate surface area is 148 Å². The van der Waals surface area contributed by atoms with Crippen molar-refractivity contribution in [2.24, 2.45) is 0 Å². The van der Waals surface area contributed by atoms with Crippen molar-refractivity contribution in [1.82, 2.24) is 9.80 Å². The van der Waals surface area contributed by atoms with Gasteiger partial charge >= 0.3 is 0 Å². The van der Waals surface area contributed by atoms with E-state index in [0.717, 1.165) is 12.0 Å². The average Bonchev–Trinajstić information content (AvgIpc) is 2.66. The SMILES string of the molecule is CC.CC.CCC(c1ccc(C(=O)N2CCOCC2)cc1)N(C)C. The Morgan fingerprint density at radius 1 is 1.08 bits per heavy atom. The Bertz CT molecular complexity index is 437. The van der Waals surface area contributed by atoms with E-state index in [4.69, 9.17) is 4.74 Å². The van der Waals surface area contributed by atoms with Crippen LogP contribution in [-0.4, -0.2) is 56.1 Å². The number of hydrogen-bond donors (Lipinski definition) is 0. The molecule has 1 saturated heterocycles. The summed E-state index contributed by atoms with van der Waals surface area (Å²) < 4.78 is 5.28. The summed E-state index contributed by atoms with van der Waals surface area (Å²) in [6, 6.07) is 8.44. The van der Waals surface area contributed by atoms with Crippen molar-refractivity contribution in [3.8, 4) is 0 Å². The maximum Gasteiger partial charge on any atom is 0.254 e. The number of nitrogens with zero attached hydrogens (tertiary/aromatic N) is 2. The molecule has 0 bridgehead atoms. The lowest BCUT2D eigenvalue weighted by molar-refractivity contribution is 0.0303. The van der Waals surface area contributed by atoms with Crippen molar-refractivity contribution in [3.63, 3.8) is 0 Å². The maximum absolute atomic E-state index is 12.3. The third-order valence-electron chi connectivity index (χ3n) is 3.85. The minimum atomic E-state index is 0.109. The molecule has 0 aromatic heterocycles. The molecule has 0 N–H and O–H groups in total. The number of morpholine rings is 1. The highest BCUT2D eigenvalue weighted by Gasteiger charge is 2.19. The Kier molecular flexibility index (Phi) is 12.2. The lowest BCUT2D eigenvalue weighted by Gasteiger charge is -2.27. The van der Waals surface area contributed by atoms with Crippen molar-refractivity contribution >= 4 is 5.91 Å². The molecule has 1 aliphatic rings. The molecule has 0 radical (unpaired) electrons. The molecule has 0 aliphatic carbocycles. The zero-order valence-corrected chi connectivity index (χ0v) is 16.6. The van der Waals surface area contributed by atoms with Crippen LogP contribution in [0.1, 0.15) is 63.0 Å². The number of rotatable bonds is 4.